The molecular weight excluding hydrogens is 337 g/mol. The molecule has 0 spiro atoms. The Hall–Kier alpha value is -0.970. The average molecular weight is 362 g/mol. The van der Waals surface area contributed by atoms with Crippen LogP contribution in [0.1, 0.15) is 32.1 Å². The number of nitrogens with zero attached hydrogens (tertiary/aromatic N) is 1. The maximum absolute atomic E-state index is 11.6. The van der Waals surface area contributed by atoms with Crippen LogP contribution in [0, 0.1) is 0 Å². The van der Waals surface area contributed by atoms with Crippen molar-refractivity contribution < 1.29 is 14.3 Å². The molecule has 1 heterocycles. The smallest absolute Gasteiger partial charge is 0.344 e. The van der Waals surface area contributed by atoms with Crippen molar-refractivity contribution in [2.45, 2.75) is 32.1 Å². The predicted octanol–water partition coefficient (Wildman–Crippen LogP) is 3.95. The highest BCUT2D eigenvalue weighted by molar-refractivity contribution is 6.30. The number of benzene rings is 1. The van der Waals surface area contributed by atoms with Crippen LogP contribution in [0.25, 0.3) is 0 Å². The van der Waals surface area contributed by atoms with E-state index in [4.69, 9.17) is 21.1 Å². The fraction of sp³-hybridized carbons (Fsp3) is 0.588. The van der Waals surface area contributed by atoms with Crippen molar-refractivity contribution in [3.8, 4) is 5.75 Å². The second-order valence-corrected chi connectivity index (χ2v) is 6.01. The van der Waals surface area contributed by atoms with Crippen molar-refractivity contribution in [2.24, 2.45) is 0 Å². The Kier molecular flexibility index (Phi) is 10.1. The molecule has 0 aromatic heterocycles. The van der Waals surface area contributed by atoms with E-state index in [1.54, 1.807) is 24.3 Å². The number of hydrogen-bond acceptors (Lipinski definition) is 4. The maximum Gasteiger partial charge on any atom is 0.344 e. The summed E-state index contributed by atoms with van der Waals surface area (Å²) in [5.74, 6) is 0.289. The number of esters is 1. The van der Waals surface area contributed by atoms with Crippen molar-refractivity contribution in [2.75, 3.05) is 32.8 Å². The molecule has 0 radical (unpaired) electrons. The minimum atomic E-state index is -0.328. The summed E-state index contributed by atoms with van der Waals surface area (Å²) in [6.45, 7) is 3.75. The summed E-state index contributed by atoms with van der Waals surface area (Å²) in [6, 6.07) is 6.91. The van der Waals surface area contributed by atoms with Gasteiger partial charge >= 0.3 is 5.97 Å². The Morgan fingerprint density at radius 2 is 1.74 bits per heavy atom. The van der Waals surface area contributed by atoms with Gasteiger partial charge in [-0.05, 0) is 56.6 Å². The van der Waals surface area contributed by atoms with E-state index in [9.17, 15) is 4.79 Å². The van der Waals surface area contributed by atoms with Gasteiger partial charge in [0.1, 0.15) is 5.75 Å². The molecule has 0 saturated carbocycles. The SMILES string of the molecule is Cl.O=C(COc1ccc(Cl)cc1)OCCCN1CCCCCC1. The molecule has 23 heavy (non-hydrogen) atoms. The van der Waals surface area contributed by atoms with Crippen LogP contribution in [0.15, 0.2) is 24.3 Å². The fourth-order valence-corrected chi connectivity index (χ4v) is 2.67. The molecule has 0 atom stereocenters. The maximum atomic E-state index is 11.6. The third-order valence-corrected chi connectivity index (χ3v) is 4.00. The Balaban J connectivity index is 0.00000264. The zero-order chi connectivity index (χ0) is 15.6. The summed E-state index contributed by atoms with van der Waals surface area (Å²) in [4.78, 5) is 14.1. The van der Waals surface area contributed by atoms with Gasteiger partial charge in [-0.25, -0.2) is 4.79 Å². The van der Waals surface area contributed by atoms with Crippen LogP contribution >= 0.6 is 24.0 Å². The zero-order valence-corrected chi connectivity index (χ0v) is 14.9. The minimum absolute atomic E-state index is 0. The first-order valence-electron chi connectivity index (χ1n) is 8.00. The van der Waals surface area contributed by atoms with Crippen LogP contribution in [0.3, 0.4) is 0 Å². The Morgan fingerprint density at radius 3 is 2.39 bits per heavy atom. The lowest BCUT2D eigenvalue weighted by Gasteiger charge is -2.19. The quantitative estimate of drug-likeness (QED) is 0.544. The molecule has 4 nitrogen and oxygen atoms in total. The molecule has 0 amide bonds. The summed E-state index contributed by atoms with van der Waals surface area (Å²) >= 11 is 5.78. The fourth-order valence-electron chi connectivity index (χ4n) is 2.55. The van der Waals surface area contributed by atoms with Gasteiger partial charge in [0, 0.05) is 11.6 Å². The van der Waals surface area contributed by atoms with E-state index in [0.29, 0.717) is 17.4 Å². The molecule has 2 rings (SSSR count). The number of likely N-dealkylation sites (tertiary alicyclic amines) is 1. The molecule has 1 aromatic carbocycles. The van der Waals surface area contributed by atoms with Crippen LogP contribution in [0.4, 0.5) is 0 Å². The zero-order valence-electron chi connectivity index (χ0n) is 13.3. The van der Waals surface area contributed by atoms with Crippen molar-refractivity contribution in [1.82, 2.24) is 4.90 Å². The van der Waals surface area contributed by atoms with Crippen LogP contribution in [0.2, 0.25) is 5.02 Å². The normalized spacial score (nSPS) is 15.3. The molecule has 0 aliphatic carbocycles. The van der Waals surface area contributed by atoms with Crippen LogP contribution in [0.5, 0.6) is 5.75 Å². The van der Waals surface area contributed by atoms with Gasteiger partial charge in [-0.1, -0.05) is 24.4 Å². The number of rotatable bonds is 7. The Bertz CT molecular complexity index is 446. The first-order valence-corrected chi connectivity index (χ1v) is 8.38. The lowest BCUT2D eigenvalue weighted by atomic mass is 10.2. The second-order valence-electron chi connectivity index (χ2n) is 5.57. The van der Waals surface area contributed by atoms with Crippen LogP contribution in [-0.4, -0.2) is 43.7 Å². The molecule has 0 bridgehead atoms. The van der Waals surface area contributed by atoms with Crippen LogP contribution in [-0.2, 0) is 9.53 Å². The van der Waals surface area contributed by atoms with E-state index in [2.05, 4.69) is 4.90 Å². The van der Waals surface area contributed by atoms with E-state index in [-0.39, 0.29) is 25.0 Å². The van der Waals surface area contributed by atoms with Gasteiger partial charge in [-0.15, -0.1) is 12.4 Å². The molecule has 1 aromatic rings. The number of carbonyl (C=O) groups is 1. The van der Waals surface area contributed by atoms with Crippen molar-refractivity contribution in [3.63, 3.8) is 0 Å². The highest BCUT2D eigenvalue weighted by atomic mass is 35.5. The predicted molar refractivity (Wildman–Crippen MR) is 94.7 cm³/mol. The largest absolute Gasteiger partial charge is 0.482 e. The summed E-state index contributed by atoms with van der Waals surface area (Å²) in [5.41, 5.74) is 0. The van der Waals surface area contributed by atoms with Gasteiger partial charge in [0.15, 0.2) is 6.61 Å². The standard InChI is InChI=1S/C17H24ClNO3.ClH/c18-15-6-8-16(9-7-15)22-14-17(20)21-13-5-12-19-10-3-1-2-4-11-19;/h6-9H,1-5,10-14H2;1H. The highest BCUT2D eigenvalue weighted by Gasteiger charge is 2.09. The summed E-state index contributed by atoms with van der Waals surface area (Å²) in [6.07, 6.45) is 6.14. The van der Waals surface area contributed by atoms with Crippen molar-refractivity contribution in [3.05, 3.63) is 29.3 Å². The minimum Gasteiger partial charge on any atom is -0.482 e. The first kappa shape index (κ1) is 20.1. The third kappa shape index (κ3) is 8.45. The van der Waals surface area contributed by atoms with Gasteiger partial charge in [0.25, 0.3) is 0 Å². The van der Waals surface area contributed by atoms with E-state index in [1.807, 2.05) is 0 Å². The van der Waals surface area contributed by atoms with Gasteiger partial charge in [-0.2, -0.15) is 0 Å². The number of halogens is 2. The lowest BCUT2D eigenvalue weighted by Crippen LogP contribution is -2.27. The van der Waals surface area contributed by atoms with Crippen molar-refractivity contribution >= 4 is 30.0 Å². The number of ether oxygens (including phenoxy) is 2. The van der Waals surface area contributed by atoms with Gasteiger partial charge in [0.2, 0.25) is 0 Å². The van der Waals surface area contributed by atoms with Crippen LogP contribution < -0.4 is 4.74 Å². The first-order chi connectivity index (χ1) is 10.7. The third-order valence-electron chi connectivity index (χ3n) is 3.75. The van der Waals surface area contributed by atoms with Gasteiger partial charge in [0.05, 0.1) is 6.61 Å². The van der Waals surface area contributed by atoms with Crippen molar-refractivity contribution in [1.29, 1.82) is 0 Å². The molecule has 130 valence electrons. The van der Waals surface area contributed by atoms with E-state index < -0.39 is 0 Å². The second kappa shape index (κ2) is 11.5. The van der Waals surface area contributed by atoms with E-state index >= 15 is 0 Å². The van der Waals surface area contributed by atoms with Gasteiger partial charge in [-0.3, -0.25) is 0 Å². The molecule has 1 aliphatic rings. The highest BCUT2D eigenvalue weighted by Crippen LogP contribution is 2.15. The lowest BCUT2D eigenvalue weighted by molar-refractivity contribution is -0.146. The van der Waals surface area contributed by atoms with E-state index in [0.717, 1.165) is 13.0 Å². The van der Waals surface area contributed by atoms with E-state index in [1.165, 1.54) is 38.8 Å². The topological polar surface area (TPSA) is 38.8 Å². The molecule has 0 N–H and O–H groups in total. The summed E-state index contributed by atoms with van der Waals surface area (Å²) in [5, 5.41) is 0.642. The van der Waals surface area contributed by atoms with Gasteiger partial charge < -0.3 is 14.4 Å². The summed E-state index contributed by atoms with van der Waals surface area (Å²) < 4.78 is 10.5. The molecule has 1 aliphatic heterocycles. The molecule has 1 fully saturated rings. The number of carbonyl (C=O) groups excluding carboxylic acids is 1. The summed E-state index contributed by atoms with van der Waals surface area (Å²) in [7, 11) is 0. The molecule has 1 saturated heterocycles. The monoisotopic (exact) mass is 361 g/mol. The average Bonchev–Trinajstić information content (AvgIpc) is 2.80. The number of hydrogen-bond donors (Lipinski definition) is 0. The Morgan fingerprint density at radius 1 is 1.09 bits per heavy atom. The Labute approximate surface area is 149 Å². The molecule has 6 heteroatoms. The molecular formula is C17H25Cl2NO3. The molecule has 0 unspecified atom stereocenters.